The van der Waals surface area contributed by atoms with Crippen molar-refractivity contribution in [1.29, 1.82) is 0 Å². The third-order valence-corrected chi connectivity index (χ3v) is 5.53. The van der Waals surface area contributed by atoms with E-state index in [4.69, 9.17) is 9.47 Å². The summed E-state index contributed by atoms with van der Waals surface area (Å²) >= 11 is 0. The Balaban J connectivity index is 0.00000240. The number of ether oxygens (including phenoxy) is 2. The van der Waals surface area contributed by atoms with Crippen molar-refractivity contribution in [1.82, 2.24) is 10.6 Å². The maximum Gasteiger partial charge on any atom is 0.191 e. The summed E-state index contributed by atoms with van der Waals surface area (Å²) < 4.78 is 11.8. The van der Waals surface area contributed by atoms with E-state index in [1.54, 1.807) is 0 Å². The average molecular weight is 507 g/mol. The van der Waals surface area contributed by atoms with Crippen molar-refractivity contribution in [3.63, 3.8) is 0 Å². The monoisotopic (exact) mass is 507 g/mol. The minimum Gasteiger partial charge on any atom is -0.489 e. The first kappa shape index (κ1) is 21.9. The molecule has 2 fully saturated rings. The van der Waals surface area contributed by atoms with E-state index < -0.39 is 0 Å². The highest BCUT2D eigenvalue weighted by atomic mass is 127. The molecule has 156 valence electrons. The molecule has 0 radical (unpaired) electrons. The lowest BCUT2D eigenvalue weighted by atomic mass is 9.96. The van der Waals surface area contributed by atoms with Gasteiger partial charge in [-0.15, -0.1) is 24.0 Å². The summed E-state index contributed by atoms with van der Waals surface area (Å²) in [6.07, 6.45) is 5.20. The van der Waals surface area contributed by atoms with Gasteiger partial charge in [0.15, 0.2) is 5.96 Å². The van der Waals surface area contributed by atoms with E-state index in [1.807, 2.05) is 37.4 Å². The Labute approximate surface area is 190 Å². The molecule has 2 aromatic carbocycles. The summed E-state index contributed by atoms with van der Waals surface area (Å²) in [5.74, 6) is 1.76. The number of hydrogen-bond donors (Lipinski definition) is 2. The SMILES string of the molecule is CN=C(NCCc1ccc(OCc2ccccc2)cc1)NC1CC2CCC1O2.I. The maximum atomic E-state index is 5.91. The summed E-state index contributed by atoms with van der Waals surface area (Å²) in [5, 5.41) is 6.94. The third kappa shape index (κ3) is 6.09. The lowest BCUT2D eigenvalue weighted by Crippen LogP contribution is -2.47. The van der Waals surface area contributed by atoms with Crippen LogP contribution in [0.15, 0.2) is 59.6 Å². The van der Waals surface area contributed by atoms with Crippen LogP contribution in [0.25, 0.3) is 0 Å². The molecule has 0 aliphatic carbocycles. The van der Waals surface area contributed by atoms with E-state index >= 15 is 0 Å². The number of benzene rings is 2. The largest absolute Gasteiger partial charge is 0.489 e. The van der Waals surface area contributed by atoms with Gasteiger partial charge in [-0.05, 0) is 48.9 Å². The molecule has 0 amide bonds. The number of nitrogens with zero attached hydrogens (tertiary/aromatic N) is 1. The highest BCUT2D eigenvalue weighted by molar-refractivity contribution is 14.0. The van der Waals surface area contributed by atoms with Gasteiger partial charge in [-0.25, -0.2) is 0 Å². The minimum atomic E-state index is 0. The second-order valence-electron chi connectivity index (χ2n) is 7.53. The van der Waals surface area contributed by atoms with E-state index in [1.165, 1.54) is 17.5 Å². The van der Waals surface area contributed by atoms with E-state index in [0.717, 1.165) is 37.5 Å². The lowest BCUT2D eigenvalue weighted by Gasteiger charge is -2.22. The highest BCUT2D eigenvalue weighted by Gasteiger charge is 2.41. The van der Waals surface area contributed by atoms with Gasteiger partial charge in [0.05, 0.1) is 18.2 Å². The molecule has 0 saturated carbocycles. The fourth-order valence-corrected chi connectivity index (χ4v) is 3.98. The summed E-state index contributed by atoms with van der Waals surface area (Å²) in [7, 11) is 1.82. The van der Waals surface area contributed by atoms with Gasteiger partial charge >= 0.3 is 0 Å². The van der Waals surface area contributed by atoms with Gasteiger partial charge in [-0.2, -0.15) is 0 Å². The van der Waals surface area contributed by atoms with Crippen LogP contribution in [-0.4, -0.2) is 37.8 Å². The van der Waals surface area contributed by atoms with Gasteiger partial charge in [0, 0.05) is 13.6 Å². The molecule has 2 aliphatic heterocycles. The van der Waals surface area contributed by atoms with Gasteiger partial charge in [0.1, 0.15) is 12.4 Å². The fraction of sp³-hybridized carbons (Fsp3) is 0.435. The maximum absolute atomic E-state index is 5.91. The molecular formula is C23H30IN3O2. The normalized spacial score (nSPS) is 22.8. The number of halogens is 1. The van der Waals surface area contributed by atoms with Crippen LogP contribution < -0.4 is 15.4 Å². The van der Waals surface area contributed by atoms with Crippen LogP contribution in [0.1, 0.15) is 30.4 Å². The number of rotatable bonds is 7. The second kappa shape index (κ2) is 10.8. The van der Waals surface area contributed by atoms with Crippen molar-refractivity contribution in [2.45, 2.75) is 50.5 Å². The van der Waals surface area contributed by atoms with Crippen molar-refractivity contribution in [2.24, 2.45) is 4.99 Å². The summed E-state index contributed by atoms with van der Waals surface area (Å²) in [6.45, 7) is 1.43. The van der Waals surface area contributed by atoms with E-state index in [9.17, 15) is 0 Å². The van der Waals surface area contributed by atoms with Gasteiger partial charge in [0.2, 0.25) is 0 Å². The number of fused-ring (bicyclic) bond motifs is 2. The summed E-state index contributed by atoms with van der Waals surface area (Å²) in [6, 6.07) is 18.9. The van der Waals surface area contributed by atoms with E-state index in [0.29, 0.717) is 24.9 Å². The highest BCUT2D eigenvalue weighted by Crippen LogP contribution is 2.34. The molecule has 0 aromatic heterocycles. The van der Waals surface area contributed by atoms with E-state index in [2.05, 4.69) is 39.9 Å². The Morgan fingerprint density at radius 1 is 1.07 bits per heavy atom. The molecule has 2 N–H and O–H groups in total. The molecule has 29 heavy (non-hydrogen) atoms. The van der Waals surface area contributed by atoms with Gasteiger partial charge in [-0.1, -0.05) is 42.5 Å². The minimum absolute atomic E-state index is 0. The van der Waals surface area contributed by atoms with Crippen LogP contribution >= 0.6 is 24.0 Å². The molecule has 2 heterocycles. The molecule has 2 aliphatic rings. The standard InChI is InChI=1S/C23H29N3O2.HI/c1-24-23(26-21-15-20-11-12-22(21)28-20)25-14-13-17-7-9-19(10-8-17)27-16-18-5-3-2-4-6-18;/h2-10,20-22H,11-16H2,1H3,(H2,24,25,26);1H. The lowest BCUT2D eigenvalue weighted by molar-refractivity contribution is 0.0992. The fourth-order valence-electron chi connectivity index (χ4n) is 3.98. The topological polar surface area (TPSA) is 54.9 Å². The average Bonchev–Trinajstić information content (AvgIpc) is 3.36. The first-order valence-corrected chi connectivity index (χ1v) is 10.2. The van der Waals surface area contributed by atoms with Gasteiger partial charge in [-0.3, -0.25) is 4.99 Å². The van der Waals surface area contributed by atoms with Crippen molar-refractivity contribution < 1.29 is 9.47 Å². The molecule has 2 aromatic rings. The molecule has 3 unspecified atom stereocenters. The Morgan fingerprint density at radius 3 is 2.52 bits per heavy atom. The second-order valence-corrected chi connectivity index (χ2v) is 7.53. The molecule has 6 heteroatoms. The Hall–Kier alpha value is -1.80. The Kier molecular flexibility index (Phi) is 8.18. The number of guanidine groups is 1. The van der Waals surface area contributed by atoms with Crippen LogP contribution in [0.3, 0.4) is 0 Å². The smallest absolute Gasteiger partial charge is 0.191 e. The van der Waals surface area contributed by atoms with Crippen LogP contribution in [0.4, 0.5) is 0 Å². The molecule has 2 saturated heterocycles. The molecule has 3 atom stereocenters. The molecule has 2 bridgehead atoms. The predicted molar refractivity (Wildman–Crippen MR) is 127 cm³/mol. The number of aliphatic imine (C=N–C) groups is 1. The molecule has 5 nitrogen and oxygen atoms in total. The first-order valence-electron chi connectivity index (χ1n) is 10.2. The third-order valence-electron chi connectivity index (χ3n) is 5.53. The van der Waals surface area contributed by atoms with Crippen LogP contribution in [0, 0.1) is 0 Å². The summed E-state index contributed by atoms with van der Waals surface area (Å²) in [4.78, 5) is 4.35. The van der Waals surface area contributed by atoms with Crippen molar-refractivity contribution >= 4 is 29.9 Å². The van der Waals surface area contributed by atoms with Crippen LogP contribution in [0.2, 0.25) is 0 Å². The molecule has 0 spiro atoms. The van der Waals surface area contributed by atoms with Crippen LogP contribution in [0.5, 0.6) is 5.75 Å². The zero-order valence-electron chi connectivity index (χ0n) is 16.8. The quantitative estimate of drug-likeness (QED) is 0.339. The zero-order chi connectivity index (χ0) is 19.2. The van der Waals surface area contributed by atoms with Gasteiger partial charge in [0.25, 0.3) is 0 Å². The van der Waals surface area contributed by atoms with Crippen molar-refractivity contribution in [3.8, 4) is 5.75 Å². The van der Waals surface area contributed by atoms with Crippen LogP contribution in [-0.2, 0) is 17.8 Å². The number of hydrogen-bond acceptors (Lipinski definition) is 3. The molecule has 4 rings (SSSR count). The van der Waals surface area contributed by atoms with Crippen molar-refractivity contribution in [3.05, 3.63) is 65.7 Å². The first-order chi connectivity index (χ1) is 13.8. The van der Waals surface area contributed by atoms with Crippen molar-refractivity contribution in [2.75, 3.05) is 13.6 Å². The zero-order valence-corrected chi connectivity index (χ0v) is 19.2. The molecular weight excluding hydrogens is 477 g/mol. The Morgan fingerprint density at radius 2 is 1.86 bits per heavy atom. The van der Waals surface area contributed by atoms with E-state index in [-0.39, 0.29) is 24.0 Å². The predicted octanol–water partition coefficient (Wildman–Crippen LogP) is 3.91. The Bertz CT molecular complexity index is 782. The number of nitrogens with one attached hydrogen (secondary N) is 2. The summed E-state index contributed by atoms with van der Waals surface area (Å²) in [5.41, 5.74) is 2.45. The van der Waals surface area contributed by atoms with Gasteiger partial charge < -0.3 is 20.1 Å².